The minimum absolute atomic E-state index is 0.000603. The Morgan fingerprint density at radius 2 is 1.77 bits per heavy atom. The van der Waals surface area contributed by atoms with Gasteiger partial charge in [-0.3, -0.25) is 18.7 Å². The highest BCUT2D eigenvalue weighted by Gasteiger charge is 2.16. The smallest absolute Gasteiger partial charge is 0.262 e. The van der Waals surface area contributed by atoms with Crippen molar-refractivity contribution in [2.24, 2.45) is 0 Å². The van der Waals surface area contributed by atoms with E-state index in [1.807, 2.05) is 46.9 Å². The van der Waals surface area contributed by atoms with Crippen LogP contribution in [0.5, 0.6) is 0 Å². The fourth-order valence-corrected chi connectivity index (χ4v) is 4.72. The van der Waals surface area contributed by atoms with Gasteiger partial charge in [0.15, 0.2) is 5.16 Å². The summed E-state index contributed by atoms with van der Waals surface area (Å²) in [6.07, 6.45) is 3.13. The van der Waals surface area contributed by atoms with Crippen molar-refractivity contribution in [2.75, 3.05) is 0 Å². The number of aryl methyl sites for hydroxylation is 1. The molecule has 0 aliphatic rings. The van der Waals surface area contributed by atoms with Gasteiger partial charge in [-0.25, -0.2) is 0 Å². The number of nitrogens with zero attached hydrogens (tertiary/aromatic N) is 5. The van der Waals surface area contributed by atoms with E-state index in [1.54, 1.807) is 16.3 Å². The zero-order valence-corrected chi connectivity index (χ0v) is 18.2. The first-order valence-electron chi connectivity index (χ1n) is 10.6. The van der Waals surface area contributed by atoms with Gasteiger partial charge in [0.05, 0.1) is 22.1 Å². The third-order valence-corrected chi connectivity index (χ3v) is 6.43. The van der Waals surface area contributed by atoms with Gasteiger partial charge in [0.25, 0.3) is 5.56 Å². The molecule has 0 unspecified atom stereocenters. The molecule has 7 heteroatoms. The van der Waals surface area contributed by atoms with Gasteiger partial charge in [-0.2, -0.15) is 0 Å². The van der Waals surface area contributed by atoms with Gasteiger partial charge in [-0.15, -0.1) is 10.2 Å². The number of hydrogen-bond acceptors (Lipinski definition) is 5. The van der Waals surface area contributed by atoms with Crippen LogP contribution < -0.4 is 5.56 Å². The van der Waals surface area contributed by atoms with Gasteiger partial charge >= 0.3 is 0 Å². The maximum Gasteiger partial charge on any atom is 0.262 e. The van der Waals surface area contributed by atoms with Crippen molar-refractivity contribution in [1.29, 1.82) is 0 Å². The summed E-state index contributed by atoms with van der Waals surface area (Å²) in [5, 5.41) is 11.4. The monoisotopic (exact) mass is 429 g/mol. The van der Waals surface area contributed by atoms with E-state index in [0.29, 0.717) is 23.5 Å². The Bertz CT molecular complexity index is 1440. The number of fused-ring (bicyclic) bond motifs is 4. The highest BCUT2D eigenvalue weighted by molar-refractivity contribution is 7.98. The molecular weight excluding hydrogens is 406 g/mol. The second-order valence-corrected chi connectivity index (χ2v) is 8.53. The summed E-state index contributed by atoms with van der Waals surface area (Å²) in [5.74, 6) is 1.28. The van der Waals surface area contributed by atoms with Crippen LogP contribution >= 0.6 is 11.8 Å². The number of thioether (sulfide) groups is 1. The Hall–Kier alpha value is -3.19. The Morgan fingerprint density at radius 3 is 2.68 bits per heavy atom. The highest BCUT2D eigenvalue weighted by atomic mass is 32.2. The van der Waals surface area contributed by atoms with Crippen LogP contribution in [0.4, 0.5) is 0 Å². The molecule has 0 N–H and O–H groups in total. The Morgan fingerprint density at radius 1 is 0.935 bits per heavy atom. The van der Waals surface area contributed by atoms with E-state index >= 15 is 0 Å². The largest absolute Gasteiger partial charge is 0.276 e. The molecule has 0 fully saturated rings. The van der Waals surface area contributed by atoms with Gasteiger partial charge in [-0.05, 0) is 30.7 Å². The molecule has 0 radical (unpaired) electrons. The van der Waals surface area contributed by atoms with Crippen LogP contribution in [-0.4, -0.2) is 24.1 Å². The lowest BCUT2D eigenvalue weighted by Gasteiger charge is -2.11. The summed E-state index contributed by atoms with van der Waals surface area (Å²) >= 11 is 1.59. The Kier molecular flexibility index (Phi) is 5.42. The number of aromatic nitrogens is 5. The van der Waals surface area contributed by atoms with Gasteiger partial charge in [-0.1, -0.05) is 67.9 Å². The van der Waals surface area contributed by atoms with Crippen LogP contribution in [0.25, 0.3) is 27.6 Å². The SMILES string of the molecule is CCCCCn1c(=O)c2ccccc2n2c(SCc3ccc4ccccc4n3)nnc12. The molecule has 3 heterocycles. The van der Waals surface area contributed by atoms with Crippen LogP contribution in [0.15, 0.2) is 70.6 Å². The van der Waals surface area contributed by atoms with E-state index in [9.17, 15) is 4.79 Å². The van der Waals surface area contributed by atoms with Crippen LogP contribution in [0.3, 0.4) is 0 Å². The molecule has 0 aliphatic carbocycles. The third-order valence-electron chi connectivity index (χ3n) is 5.47. The Balaban J connectivity index is 1.55. The van der Waals surface area contributed by atoms with Crippen molar-refractivity contribution < 1.29 is 0 Å². The maximum atomic E-state index is 13.1. The van der Waals surface area contributed by atoms with E-state index < -0.39 is 0 Å². The predicted molar refractivity (Wildman–Crippen MR) is 126 cm³/mol. The van der Waals surface area contributed by atoms with Gasteiger partial charge in [0, 0.05) is 17.7 Å². The van der Waals surface area contributed by atoms with E-state index in [-0.39, 0.29) is 5.56 Å². The van der Waals surface area contributed by atoms with E-state index in [2.05, 4.69) is 35.3 Å². The molecule has 0 saturated carbocycles. The molecule has 0 aliphatic heterocycles. The van der Waals surface area contributed by atoms with Crippen molar-refractivity contribution in [3.05, 3.63) is 76.7 Å². The van der Waals surface area contributed by atoms with Gasteiger partial charge < -0.3 is 0 Å². The van der Waals surface area contributed by atoms with Crippen LogP contribution in [0.2, 0.25) is 0 Å². The zero-order valence-electron chi connectivity index (χ0n) is 17.4. The molecule has 0 bridgehead atoms. The lowest BCUT2D eigenvalue weighted by molar-refractivity contribution is 0.594. The lowest BCUT2D eigenvalue weighted by atomic mass is 10.2. The minimum atomic E-state index is -0.000603. The number of benzene rings is 2. The normalized spacial score (nSPS) is 11.6. The summed E-state index contributed by atoms with van der Waals surface area (Å²) in [5.41, 5.74) is 2.82. The number of rotatable bonds is 7. The molecule has 31 heavy (non-hydrogen) atoms. The highest BCUT2D eigenvalue weighted by Crippen LogP contribution is 2.25. The second-order valence-electron chi connectivity index (χ2n) is 7.58. The quantitative estimate of drug-likeness (QED) is 0.267. The topological polar surface area (TPSA) is 65.1 Å². The van der Waals surface area contributed by atoms with Crippen molar-refractivity contribution in [3.8, 4) is 0 Å². The lowest BCUT2D eigenvalue weighted by Crippen LogP contribution is -2.23. The molecule has 0 amide bonds. The van der Waals surface area contributed by atoms with Gasteiger partial charge in [0.2, 0.25) is 5.78 Å². The number of pyridine rings is 1. The Labute approximate surface area is 184 Å². The summed E-state index contributed by atoms with van der Waals surface area (Å²) in [7, 11) is 0. The zero-order chi connectivity index (χ0) is 21.2. The number of hydrogen-bond donors (Lipinski definition) is 0. The average Bonchev–Trinajstić information content (AvgIpc) is 3.24. The predicted octanol–water partition coefficient (Wildman–Crippen LogP) is 5.07. The molecule has 0 atom stereocenters. The molecule has 6 nitrogen and oxygen atoms in total. The molecule has 5 rings (SSSR count). The van der Waals surface area contributed by atoms with Gasteiger partial charge in [0.1, 0.15) is 0 Å². The van der Waals surface area contributed by atoms with Crippen molar-refractivity contribution in [3.63, 3.8) is 0 Å². The average molecular weight is 430 g/mol. The standard InChI is InChI=1S/C24H23N5OS/c1-2-3-8-15-28-22(30)19-10-5-7-12-21(19)29-23(28)26-27-24(29)31-16-18-14-13-17-9-4-6-11-20(17)25-18/h4-7,9-14H,2-3,8,15-16H2,1H3. The molecule has 3 aromatic heterocycles. The third kappa shape index (κ3) is 3.70. The first-order valence-corrected chi connectivity index (χ1v) is 11.6. The fourth-order valence-electron chi connectivity index (χ4n) is 3.88. The number of unbranched alkanes of at least 4 members (excludes halogenated alkanes) is 2. The maximum absolute atomic E-state index is 13.1. The summed E-state index contributed by atoms with van der Waals surface area (Å²) < 4.78 is 3.78. The number of para-hydroxylation sites is 2. The first kappa shape index (κ1) is 19.8. The van der Waals surface area contributed by atoms with Crippen molar-refractivity contribution >= 4 is 39.3 Å². The minimum Gasteiger partial charge on any atom is -0.276 e. The van der Waals surface area contributed by atoms with E-state index in [4.69, 9.17) is 4.98 Å². The summed E-state index contributed by atoms with van der Waals surface area (Å²) in [6.45, 7) is 2.81. The van der Waals surface area contributed by atoms with Crippen LogP contribution in [0, 0.1) is 0 Å². The van der Waals surface area contributed by atoms with E-state index in [1.165, 1.54) is 0 Å². The molecule has 0 saturated heterocycles. The molecule has 5 aromatic rings. The molecule has 2 aromatic carbocycles. The summed E-state index contributed by atoms with van der Waals surface area (Å²) in [6, 6.07) is 20.0. The summed E-state index contributed by atoms with van der Waals surface area (Å²) in [4.78, 5) is 17.9. The van der Waals surface area contributed by atoms with Crippen molar-refractivity contribution in [1.82, 2.24) is 24.1 Å². The first-order chi connectivity index (χ1) is 15.3. The van der Waals surface area contributed by atoms with Crippen LogP contribution in [0.1, 0.15) is 31.9 Å². The molecular formula is C24H23N5OS. The van der Waals surface area contributed by atoms with E-state index in [0.717, 1.165) is 46.5 Å². The second kappa shape index (κ2) is 8.51. The fraction of sp³-hybridized carbons (Fsp3) is 0.250. The van der Waals surface area contributed by atoms with Crippen molar-refractivity contribution in [2.45, 2.75) is 43.6 Å². The molecule has 0 spiro atoms. The van der Waals surface area contributed by atoms with Crippen LogP contribution in [-0.2, 0) is 12.3 Å². The molecule has 156 valence electrons.